The molecule has 0 amide bonds. The Balaban J connectivity index is 0.00000161. The zero-order valence-electron chi connectivity index (χ0n) is 12.1. The molecule has 0 aromatic heterocycles. The fourth-order valence-electron chi connectivity index (χ4n) is 2.91. The number of hydrogen-bond acceptors (Lipinski definition) is 0. The molecule has 2 aromatic rings. The number of hydrogen-bond donors (Lipinski definition) is 0. The summed E-state index contributed by atoms with van der Waals surface area (Å²) in [5.74, 6) is 0. The maximum atomic E-state index is 2.32. The third kappa shape index (κ3) is 4.05. The largest absolute Gasteiger partial charge is 0.0882 e. The van der Waals surface area contributed by atoms with Crippen molar-refractivity contribution in [2.75, 3.05) is 0 Å². The number of rotatable bonds is 2. The average Bonchev–Trinajstić information content (AvgIpc) is 2.49. The molecule has 0 radical (unpaired) electrons. The Labute approximate surface area is 141 Å². The zero-order chi connectivity index (χ0) is 13.6. The van der Waals surface area contributed by atoms with E-state index in [0.717, 1.165) is 25.7 Å². The van der Waals surface area contributed by atoms with Crippen LogP contribution >= 0.6 is 0 Å². The molecule has 1 aliphatic rings. The average molecular weight is 455 g/mol. The van der Waals surface area contributed by atoms with Crippen molar-refractivity contribution in [1.82, 2.24) is 0 Å². The summed E-state index contributed by atoms with van der Waals surface area (Å²) in [6.45, 7) is 0. The molecule has 0 saturated heterocycles. The van der Waals surface area contributed by atoms with Crippen LogP contribution in [0.15, 0.2) is 72.8 Å². The molecule has 3 rings (SSSR count). The van der Waals surface area contributed by atoms with E-state index in [1.807, 2.05) is 0 Å². The van der Waals surface area contributed by atoms with Crippen molar-refractivity contribution >= 4 is 11.1 Å². The summed E-state index contributed by atoms with van der Waals surface area (Å²) < 4.78 is 0. The van der Waals surface area contributed by atoms with Gasteiger partial charge in [0.2, 0.25) is 0 Å². The molecule has 1 aliphatic carbocycles. The van der Waals surface area contributed by atoms with Crippen LogP contribution in [-0.2, 0) is 21.1 Å². The van der Waals surface area contributed by atoms with E-state index in [9.17, 15) is 0 Å². The van der Waals surface area contributed by atoms with E-state index in [4.69, 9.17) is 0 Å². The molecule has 0 nitrogen and oxygen atoms in total. The summed E-state index contributed by atoms with van der Waals surface area (Å²) in [7, 11) is 0. The fraction of sp³-hybridized carbons (Fsp3) is 0.200. The predicted octanol–water partition coefficient (Wildman–Crippen LogP) is 5.73. The van der Waals surface area contributed by atoms with Crippen molar-refractivity contribution in [1.29, 1.82) is 0 Å². The molecule has 21 heavy (non-hydrogen) atoms. The van der Waals surface area contributed by atoms with Gasteiger partial charge in [-0.15, -0.1) is 0 Å². The number of benzene rings is 2. The second-order valence-corrected chi connectivity index (χ2v) is 5.24. The van der Waals surface area contributed by atoms with Gasteiger partial charge in [-0.2, -0.15) is 0 Å². The molecule has 0 heterocycles. The van der Waals surface area contributed by atoms with E-state index < -0.39 is 0 Å². The van der Waals surface area contributed by atoms with E-state index in [1.165, 1.54) is 22.3 Å². The molecule has 0 N–H and O–H groups in total. The Hall–Kier alpha value is -1.39. The van der Waals surface area contributed by atoms with Crippen molar-refractivity contribution in [2.45, 2.75) is 25.7 Å². The van der Waals surface area contributed by atoms with Crippen LogP contribution in [0.1, 0.15) is 36.8 Å². The molecule has 110 valence electrons. The maximum absolute atomic E-state index is 2.32. The third-order valence-electron chi connectivity index (χ3n) is 3.90. The van der Waals surface area contributed by atoms with Gasteiger partial charge in [0.05, 0.1) is 0 Å². The second-order valence-electron chi connectivity index (χ2n) is 5.24. The molecule has 0 aliphatic heterocycles. The smallest absolute Gasteiger partial charge is 0 e. The van der Waals surface area contributed by atoms with Crippen molar-refractivity contribution < 1.29 is 21.1 Å². The van der Waals surface area contributed by atoms with Crippen LogP contribution < -0.4 is 0 Å². The zero-order valence-corrected chi connectivity index (χ0v) is 14.3. The summed E-state index contributed by atoms with van der Waals surface area (Å²) >= 11 is 0. The summed E-state index contributed by atoms with van der Waals surface area (Å²) in [6.07, 6.45) is 9.19. The van der Waals surface area contributed by atoms with E-state index in [-0.39, 0.29) is 21.1 Å². The van der Waals surface area contributed by atoms with Crippen molar-refractivity contribution in [3.8, 4) is 0 Å². The van der Waals surface area contributed by atoms with Crippen LogP contribution in [0.2, 0.25) is 0 Å². The summed E-state index contributed by atoms with van der Waals surface area (Å²) in [4.78, 5) is 0. The van der Waals surface area contributed by atoms with Crippen LogP contribution in [0.25, 0.3) is 11.1 Å². The van der Waals surface area contributed by atoms with Crippen LogP contribution in [0.4, 0.5) is 0 Å². The van der Waals surface area contributed by atoms with Gasteiger partial charge in [0.15, 0.2) is 0 Å². The van der Waals surface area contributed by atoms with Gasteiger partial charge in [-0.25, -0.2) is 0 Å². The monoisotopic (exact) mass is 455 g/mol. The Morgan fingerprint density at radius 2 is 0.905 bits per heavy atom. The Morgan fingerprint density at radius 3 is 1.29 bits per heavy atom. The molecule has 0 saturated carbocycles. The van der Waals surface area contributed by atoms with Gasteiger partial charge in [0.25, 0.3) is 0 Å². The first-order valence-corrected chi connectivity index (χ1v) is 7.43. The first-order valence-electron chi connectivity index (χ1n) is 7.43. The Morgan fingerprint density at radius 1 is 0.524 bits per heavy atom. The quantitative estimate of drug-likeness (QED) is 0.508. The summed E-state index contributed by atoms with van der Waals surface area (Å²) in [6, 6.07) is 21.7. The van der Waals surface area contributed by atoms with E-state index in [2.05, 4.69) is 72.8 Å². The normalized spacial score (nSPS) is 20.0. The second kappa shape index (κ2) is 8.15. The van der Waals surface area contributed by atoms with E-state index in [0.29, 0.717) is 0 Å². The van der Waals surface area contributed by atoms with E-state index in [1.54, 1.807) is 0 Å². The van der Waals surface area contributed by atoms with Gasteiger partial charge in [-0.1, -0.05) is 72.8 Å². The third-order valence-corrected chi connectivity index (χ3v) is 3.90. The van der Waals surface area contributed by atoms with Crippen LogP contribution in [0, 0.1) is 0 Å². The first kappa shape index (κ1) is 16.0. The van der Waals surface area contributed by atoms with Gasteiger partial charge in [0, 0.05) is 21.1 Å². The van der Waals surface area contributed by atoms with Crippen molar-refractivity contribution in [3.63, 3.8) is 0 Å². The predicted molar refractivity (Wildman–Crippen MR) is 87.3 cm³/mol. The Bertz CT molecular complexity index is 553. The molecule has 0 fully saturated rings. The Kier molecular flexibility index (Phi) is 6.20. The minimum atomic E-state index is 0. The molecule has 0 unspecified atom stereocenters. The van der Waals surface area contributed by atoms with Crippen molar-refractivity contribution in [2.24, 2.45) is 0 Å². The fourth-order valence-corrected chi connectivity index (χ4v) is 2.91. The van der Waals surface area contributed by atoms with Gasteiger partial charge in [-0.3, -0.25) is 0 Å². The minimum absolute atomic E-state index is 0. The number of allylic oxidation sites excluding steroid dienone is 4. The van der Waals surface area contributed by atoms with Crippen LogP contribution in [0.3, 0.4) is 0 Å². The molecular formula is C20H20Pt. The van der Waals surface area contributed by atoms with Gasteiger partial charge < -0.3 is 0 Å². The standard InChI is InChI=1S/C20H20.Pt/c1-2-10-16-20(18-13-7-4-8-14-18)19(15-9-1)17-11-5-3-6-12-17;/h1-8,11-14H,9-10,15-16H2;/b2-1-,20-19-;. The van der Waals surface area contributed by atoms with Gasteiger partial charge >= 0.3 is 0 Å². The molecule has 0 spiro atoms. The van der Waals surface area contributed by atoms with Gasteiger partial charge in [0.1, 0.15) is 0 Å². The maximum Gasteiger partial charge on any atom is 0 e. The summed E-state index contributed by atoms with van der Waals surface area (Å²) in [5.41, 5.74) is 5.78. The molecule has 2 aromatic carbocycles. The first-order chi connectivity index (χ1) is 9.95. The molecular weight excluding hydrogens is 435 g/mol. The van der Waals surface area contributed by atoms with Gasteiger partial charge in [-0.05, 0) is 48.0 Å². The summed E-state index contributed by atoms with van der Waals surface area (Å²) in [5, 5.41) is 0. The molecule has 1 heteroatoms. The van der Waals surface area contributed by atoms with Crippen LogP contribution in [-0.4, -0.2) is 0 Å². The van der Waals surface area contributed by atoms with Crippen molar-refractivity contribution in [3.05, 3.63) is 83.9 Å². The SMILES string of the molecule is C1=C\CC/C(c2ccccc2)=C(/c2ccccc2)CC/1.[Pt]. The minimum Gasteiger partial charge on any atom is -0.0882 e. The van der Waals surface area contributed by atoms with E-state index >= 15 is 0 Å². The van der Waals surface area contributed by atoms with Crippen LogP contribution in [0.5, 0.6) is 0 Å². The topological polar surface area (TPSA) is 0 Å². The molecule has 0 bridgehead atoms. The molecule has 0 atom stereocenters.